The summed E-state index contributed by atoms with van der Waals surface area (Å²) in [6.07, 6.45) is 5.34. The lowest BCUT2D eigenvalue weighted by molar-refractivity contribution is -0.121. The van der Waals surface area contributed by atoms with Crippen molar-refractivity contribution in [3.8, 4) is 0 Å². The average Bonchev–Trinajstić information content (AvgIpc) is 3.19. The number of rotatable bonds is 6. The lowest BCUT2D eigenvalue weighted by Crippen LogP contribution is -2.38. The van der Waals surface area contributed by atoms with Crippen molar-refractivity contribution in [1.29, 1.82) is 0 Å². The van der Waals surface area contributed by atoms with E-state index < -0.39 is 0 Å². The molecule has 0 spiro atoms. The Bertz CT molecular complexity index is 371. The Labute approximate surface area is 126 Å². The third-order valence-corrected chi connectivity index (χ3v) is 3.10. The highest BCUT2D eigenvalue weighted by molar-refractivity contribution is 5.85. The number of carbonyl (C=O) groups is 1. The van der Waals surface area contributed by atoms with Crippen molar-refractivity contribution in [1.82, 2.24) is 10.3 Å². The molecule has 19 heavy (non-hydrogen) atoms. The Morgan fingerprint density at radius 3 is 2.74 bits per heavy atom. The van der Waals surface area contributed by atoms with Gasteiger partial charge in [-0.15, -0.1) is 24.8 Å². The molecule has 0 aromatic carbocycles. The third kappa shape index (κ3) is 6.76. The zero-order valence-electron chi connectivity index (χ0n) is 10.7. The number of aryl methyl sites for hydroxylation is 1. The minimum Gasteiger partial charge on any atom is -0.355 e. The van der Waals surface area contributed by atoms with Gasteiger partial charge in [-0.05, 0) is 37.3 Å². The van der Waals surface area contributed by atoms with Crippen molar-refractivity contribution < 1.29 is 4.79 Å². The highest BCUT2D eigenvalue weighted by atomic mass is 35.5. The van der Waals surface area contributed by atoms with Gasteiger partial charge in [-0.3, -0.25) is 9.78 Å². The maximum Gasteiger partial charge on any atom is 0.220 e. The second-order valence-corrected chi connectivity index (χ2v) is 4.63. The molecule has 0 bridgehead atoms. The molecule has 1 fully saturated rings. The van der Waals surface area contributed by atoms with Gasteiger partial charge in [0.05, 0.1) is 0 Å². The number of carbonyl (C=O) groups excluding carboxylic acids is 1. The van der Waals surface area contributed by atoms with Gasteiger partial charge in [0, 0.05) is 30.9 Å². The summed E-state index contributed by atoms with van der Waals surface area (Å²) in [4.78, 5) is 15.7. The smallest absolute Gasteiger partial charge is 0.220 e. The fourth-order valence-corrected chi connectivity index (χ4v) is 1.80. The predicted octanol–water partition coefficient (Wildman–Crippen LogP) is 1.71. The molecule has 4 nitrogen and oxygen atoms in total. The summed E-state index contributed by atoms with van der Waals surface area (Å²) >= 11 is 0. The Kier molecular flexibility index (Phi) is 8.72. The highest BCUT2D eigenvalue weighted by Crippen LogP contribution is 2.31. The maximum atomic E-state index is 11.6. The van der Waals surface area contributed by atoms with Crippen molar-refractivity contribution >= 4 is 30.7 Å². The van der Waals surface area contributed by atoms with Gasteiger partial charge in [0.15, 0.2) is 0 Å². The number of hydrogen-bond donors (Lipinski definition) is 2. The minimum atomic E-state index is 0. The van der Waals surface area contributed by atoms with E-state index in [1.807, 2.05) is 18.2 Å². The first-order valence-electron chi connectivity index (χ1n) is 6.18. The number of hydrogen-bond acceptors (Lipinski definition) is 3. The van der Waals surface area contributed by atoms with E-state index >= 15 is 0 Å². The number of nitrogens with two attached hydrogens (primary N) is 1. The summed E-state index contributed by atoms with van der Waals surface area (Å²) < 4.78 is 0. The third-order valence-electron chi connectivity index (χ3n) is 3.10. The molecule has 1 aliphatic rings. The molecule has 1 saturated carbocycles. The summed E-state index contributed by atoms with van der Waals surface area (Å²) in [5, 5.41) is 2.88. The molecule has 108 valence electrons. The van der Waals surface area contributed by atoms with E-state index in [2.05, 4.69) is 10.3 Å². The van der Waals surface area contributed by atoms with E-state index in [-0.39, 0.29) is 36.8 Å². The van der Waals surface area contributed by atoms with Gasteiger partial charge in [0.2, 0.25) is 5.91 Å². The van der Waals surface area contributed by atoms with Gasteiger partial charge in [0.25, 0.3) is 0 Å². The van der Waals surface area contributed by atoms with Crippen LogP contribution in [0, 0.1) is 5.92 Å². The van der Waals surface area contributed by atoms with E-state index in [1.165, 1.54) is 12.8 Å². The lowest BCUT2D eigenvalue weighted by Gasteiger charge is -2.11. The molecule has 3 N–H and O–H groups in total. The van der Waals surface area contributed by atoms with Crippen LogP contribution in [0.3, 0.4) is 0 Å². The summed E-state index contributed by atoms with van der Waals surface area (Å²) in [7, 11) is 0. The standard InChI is InChI=1S/C13H19N3O.2ClH/c14-12(10-4-5-10)9-16-13(17)7-6-11-3-1-2-8-15-11;;/h1-3,8,10,12H,4-7,9,14H2,(H,16,17);2*1H. The number of nitrogens with one attached hydrogen (secondary N) is 1. The quantitative estimate of drug-likeness (QED) is 0.841. The Hall–Kier alpha value is -0.840. The van der Waals surface area contributed by atoms with Crippen molar-refractivity contribution in [2.75, 3.05) is 6.54 Å². The fourth-order valence-electron chi connectivity index (χ4n) is 1.80. The second-order valence-electron chi connectivity index (χ2n) is 4.63. The Balaban J connectivity index is 0.00000162. The molecule has 2 rings (SSSR count). The summed E-state index contributed by atoms with van der Waals surface area (Å²) in [6.45, 7) is 0.603. The normalized spacial score (nSPS) is 14.8. The topological polar surface area (TPSA) is 68.0 Å². The van der Waals surface area contributed by atoms with E-state index in [0.717, 1.165) is 5.69 Å². The SMILES string of the molecule is Cl.Cl.NC(CNC(=O)CCc1ccccn1)C1CC1. The monoisotopic (exact) mass is 305 g/mol. The van der Waals surface area contributed by atoms with Gasteiger partial charge in [0.1, 0.15) is 0 Å². The number of pyridine rings is 1. The molecule has 0 aliphatic heterocycles. The summed E-state index contributed by atoms with van der Waals surface area (Å²) in [5.74, 6) is 0.692. The van der Waals surface area contributed by atoms with Crippen LogP contribution in [-0.4, -0.2) is 23.5 Å². The van der Waals surface area contributed by atoms with Crippen LogP contribution in [0.4, 0.5) is 0 Å². The van der Waals surface area contributed by atoms with Gasteiger partial charge in [-0.25, -0.2) is 0 Å². The van der Waals surface area contributed by atoms with E-state index in [0.29, 0.717) is 25.3 Å². The maximum absolute atomic E-state index is 11.6. The molecule has 1 unspecified atom stereocenters. The Morgan fingerprint density at radius 2 is 2.16 bits per heavy atom. The minimum absolute atomic E-state index is 0. The van der Waals surface area contributed by atoms with Gasteiger partial charge in [-0.1, -0.05) is 6.07 Å². The predicted molar refractivity (Wildman–Crippen MR) is 80.8 cm³/mol. The van der Waals surface area contributed by atoms with Crippen LogP contribution in [0.2, 0.25) is 0 Å². The van der Waals surface area contributed by atoms with Crippen molar-refractivity contribution in [3.63, 3.8) is 0 Å². The largest absolute Gasteiger partial charge is 0.355 e. The zero-order chi connectivity index (χ0) is 12.1. The number of halogens is 2. The van der Waals surface area contributed by atoms with Crippen LogP contribution in [0.5, 0.6) is 0 Å². The zero-order valence-corrected chi connectivity index (χ0v) is 12.4. The van der Waals surface area contributed by atoms with Crippen LogP contribution < -0.4 is 11.1 Å². The van der Waals surface area contributed by atoms with Crippen molar-refractivity contribution in [2.24, 2.45) is 11.7 Å². The first-order valence-corrected chi connectivity index (χ1v) is 6.18. The summed E-state index contributed by atoms with van der Waals surface area (Å²) in [6, 6.07) is 5.87. The first-order chi connectivity index (χ1) is 8.25. The van der Waals surface area contributed by atoms with Crippen molar-refractivity contribution in [2.45, 2.75) is 31.7 Å². The average molecular weight is 306 g/mol. The molecular weight excluding hydrogens is 285 g/mol. The molecule has 1 aromatic rings. The van der Waals surface area contributed by atoms with Crippen molar-refractivity contribution in [3.05, 3.63) is 30.1 Å². The summed E-state index contributed by atoms with van der Waals surface area (Å²) in [5.41, 5.74) is 6.86. The van der Waals surface area contributed by atoms with Crippen LogP contribution in [0.25, 0.3) is 0 Å². The molecule has 1 atom stereocenters. The second kappa shape index (κ2) is 9.13. The van der Waals surface area contributed by atoms with E-state index in [4.69, 9.17) is 5.73 Å². The molecule has 1 heterocycles. The van der Waals surface area contributed by atoms with Crippen LogP contribution in [0.1, 0.15) is 25.0 Å². The number of aromatic nitrogens is 1. The highest BCUT2D eigenvalue weighted by Gasteiger charge is 2.28. The number of nitrogens with zero attached hydrogens (tertiary/aromatic N) is 1. The van der Waals surface area contributed by atoms with Gasteiger partial charge < -0.3 is 11.1 Å². The van der Waals surface area contributed by atoms with E-state index in [9.17, 15) is 4.79 Å². The van der Waals surface area contributed by atoms with E-state index in [1.54, 1.807) is 6.20 Å². The van der Waals surface area contributed by atoms with Crippen LogP contribution >= 0.6 is 24.8 Å². The Morgan fingerprint density at radius 1 is 1.42 bits per heavy atom. The van der Waals surface area contributed by atoms with Gasteiger partial charge in [-0.2, -0.15) is 0 Å². The molecule has 1 amide bonds. The molecule has 1 aromatic heterocycles. The molecule has 0 saturated heterocycles. The molecule has 1 aliphatic carbocycles. The van der Waals surface area contributed by atoms with Crippen LogP contribution in [-0.2, 0) is 11.2 Å². The van der Waals surface area contributed by atoms with Gasteiger partial charge >= 0.3 is 0 Å². The molecule has 6 heteroatoms. The fraction of sp³-hybridized carbons (Fsp3) is 0.538. The first kappa shape index (κ1) is 18.2. The lowest BCUT2D eigenvalue weighted by atomic mass is 10.2. The van der Waals surface area contributed by atoms with Crippen LogP contribution in [0.15, 0.2) is 24.4 Å². The molecule has 0 radical (unpaired) electrons. The molecular formula is C13H21Cl2N3O. The number of amides is 1.